The topological polar surface area (TPSA) is 58.8 Å². The van der Waals surface area contributed by atoms with Gasteiger partial charge in [-0.2, -0.15) is 11.8 Å². The Kier molecular flexibility index (Phi) is 9.57. The zero-order valence-electron chi connectivity index (χ0n) is 15.7. The second-order valence-electron chi connectivity index (χ2n) is 5.90. The van der Waals surface area contributed by atoms with E-state index >= 15 is 0 Å². The quantitative estimate of drug-likeness (QED) is 0.356. The lowest BCUT2D eigenvalue weighted by Crippen LogP contribution is -2.39. The van der Waals surface area contributed by atoms with Crippen molar-refractivity contribution in [3.63, 3.8) is 0 Å². The van der Waals surface area contributed by atoms with E-state index in [1.54, 1.807) is 13.4 Å². The molecule has 142 valence electrons. The Balaban J connectivity index is 1.84. The van der Waals surface area contributed by atoms with Gasteiger partial charge in [-0.3, -0.25) is 0 Å². The van der Waals surface area contributed by atoms with Gasteiger partial charge < -0.3 is 19.8 Å². The number of benzene rings is 1. The summed E-state index contributed by atoms with van der Waals surface area (Å²) in [6, 6.07) is 11.9. The fourth-order valence-electron chi connectivity index (χ4n) is 2.41. The summed E-state index contributed by atoms with van der Waals surface area (Å²) < 4.78 is 10.6. The first kappa shape index (κ1) is 20.2. The molecule has 0 unspecified atom stereocenters. The molecule has 1 aromatic heterocycles. The van der Waals surface area contributed by atoms with Gasteiger partial charge in [0.1, 0.15) is 11.5 Å². The minimum Gasteiger partial charge on any atom is -0.497 e. The standard InChI is InChI=1S/C20H29N3O2S/c1-24-18-9-7-17(8-10-18)16-23-20(21-12-3-4-15-26-2)22-13-11-19-6-5-14-25-19/h5-10,14H,3-4,11-13,15-16H2,1-2H3,(H2,21,22,23). The number of ether oxygens (including phenoxy) is 1. The van der Waals surface area contributed by atoms with E-state index in [2.05, 4.69) is 16.9 Å². The zero-order valence-corrected chi connectivity index (χ0v) is 16.5. The Labute approximate surface area is 160 Å². The molecule has 0 bridgehead atoms. The molecule has 1 heterocycles. The maximum absolute atomic E-state index is 5.38. The van der Waals surface area contributed by atoms with Crippen LogP contribution in [0.25, 0.3) is 0 Å². The molecule has 0 saturated heterocycles. The van der Waals surface area contributed by atoms with Crippen molar-refractivity contribution in [1.82, 2.24) is 10.6 Å². The molecular formula is C20H29N3O2S. The number of thioether (sulfide) groups is 1. The molecule has 0 amide bonds. The van der Waals surface area contributed by atoms with E-state index in [-0.39, 0.29) is 0 Å². The third-order valence-corrected chi connectivity index (χ3v) is 4.59. The van der Waals surface area contributed by atoms with E-state index in [4.69, 9.17) is 14.1 Å². The number of rotatable bonds is 11. The van der Waals surface area contributed by atoms with Gasteiger partial charge in [0.2, 0.25) is 0 Å². The molecule has 5 nitrogen and oxygen atoms in total. The van der Waals surface area contributed by atoms with Gasteiger partial charge in [0.05, 0.1) is 19.9 Å². The van der Waals surface area contributed by atoms with Crippen molar-refractivity contribution in [2.75, 3.05) is 32.2 Å². The maximum Gasteiger partial charge on any atom is 0.191 e. The molecule has 2 aromatic rings. The van der Waals surface area contributed by atoms with E-state index in [1.165, 1.54) is 12.2 Å². The second kappa shape index (κ2) is 12.3. The predicted octanol–water partition coefficient (Wildman–Crippen LogP) is 3.71. The number of nitrogens with zero attached hydrogens (tertiary/aromatic N) is 1. The molecule has 2 N–H and O–H groups in total. The number of guanidine groups is 1. The highest BCUT2D eigenvalue weighted by Crippen LogP contribution is 2.11. The molecule has 0 saturated carbocycles. The molecular weight excluding hydrogens is 346 g/mol. The van der Waals surface area contributed by atoms with Crippen LogP contribution in [-0.4, -0.2) is 38.2 Å². The fourth-order valence-corrected chi connectivity index (χ4v) is 2.91. The lowest BCUT2D eigenvalue weighted by atomic mass is 10.2. The minimum atomic E-state index is 0.630. The Morgan fingerprint density at radius 1 is 1.12 bits per heavy atom. The van der Waals surface area contributed by atoms with Crippen LogP contribution in [0, 0.1) is 0 Å². The van der Waals surface area contributed by atoms with Gasteiger partial charge in [0.15, 0.2) is 5.96 Å². The summed E-state index contributed by atoms with van der Waals surface area (Å²) in [7, 11) is 1.68. The van der Waals surface area contributed by atoms with Gasteiger partial charge in [0, 0.05) is 19.5 Å². The maximum atomic E-state index is 5.38. The van der Waals surface area contributed by atoms with Crippen molar-refractivity contribution < 1.29 is 9.15 Å². The highest BCUT2D eigenvalue weighted by molar-refractivity contribution is 7.98. The van der Waals surface area contributed by atoms with Crippen LogP contribution in [0.2, 0.25) is 0 Å². The monoisotopic (exact) mass is 375 g/mol. The minimum absolute atomic E-state index is 0.630. The van der Waals surface area contributed by atoms with Crippen molar-refractivity contribution in [3.8, 4) is 5.75 Å². The van der Waals surface area contributed by atoms with Gasteiger partial charge in [0.25, 0.3) is 0 Å². The van der Waals surface area contributed by atoms with Gasteiger partial charge in [-0.1, -0.05) is 12.1 Å². The largest absolute Gasteiger partial charge is 0.497 e. The summed E-state index contributed by atoms with van der Waals surface area (Å²) in [5.74, 6) is 3.89. The SMILES string of the molecule is COc1ccc(CN=C(NCCCCSC)NCCc2ccco2)cc1. The van der Waals surface area contributed by atoms with Crippen molar-refractivity contribution in [3.05, 3.63) is 54.0 Å². The fraction of sp³-hybridized carbons (Fsp3) is 0.450. The second-order valence-corrected chi connectivity index (χ2v) is 6.88. The highest BCUT2D eigenvalue weighted by atomic mass is 32.2. The van der Waals surface area contributed by atoms with Crippen LogP contribution in [0.4, 0.5) is 0 Å². The summed E-state index contributed by atoms with van der Waals surface area (Å²) >= 11 is 1.89. The molecule has 0 spiro atoms. The van der Waals surface area contributed by atoms with E-state index in [0.717, 1.165) is 49.0 Å². The number of hydrogen-bond acceptors (Lipinski definition) is 4. The van der Waals surface area contributed by atoms with Crippen LogP contribution < -0.4 is 15.4 Å². The highest BCUT2D eigenvalue weighted by Gasteiger charge is 2.01. The van der Waals surface area contributed by atoms with Crippen LogP contribution in [0.15, 0.2) is 52.1 Å². The number of furan rings is 1. The summed E-state index contributed by atoms with van der Waals surface area (Å²) in [4.78, 5) is 4.70. The van der Waals surface area contributed by atoms with Crippen molar-refractivity contribution in [2.24, 2.45) is 4.99 Å². The van der Waals surface area contributed by atoms with Gasteiger partial charge in [-0.25, -0.2) is 4.99 Å². The summed E-state index contributed by atoms with van der Waals surface area (Å²) in [5.41, 5.74) is 1.15. The average molecular weight is 376 g/mol. The Morgan fingerprint density at radius 2 is 1.92 bits per heavy atom. The molecule has 0 aliphatic heterocycles. The molecule has 1 aromatic carbocycles. The Morgan fingerprint density at radius 3 is 2.62 bits per heavy atom. The number of hydrogen-bond donors (Lipinski definition) is 2. The predicted molar refractivity (Wildman–Crippen MR) is 110 cm³/mol. The first-order chi connectivity index (χ1) is 12.8. The Hall–Kier alpha value is -2.08. The van der Waals surface area contributed by atoms with Gasteiger partial charge in [-0.15, -0.1) is 0 Å². The van der Waals surface area contributed by atoms with Crippen LogP contribution >= 0.6 is 11.8 Å². The molecule has 0 atom stereocenters. The van der Waals surface area contributed by atoms with E-state index in [0.29, 0.717) is 6.54 Å². The normalized spacial score (nSPS) is 11.4. The number of unbranched alkanes of at least 4 members (excludes halogenated alkanes) is 1. The number of nitrogens with one attached hydrogen (secondary N) is 2. The Bertz CT molecular complexity index is 627. The lowest BCUT2D eigenvalue weighted by molar-refractivity contribution is 0.414. The average Bonchev–Trinajstić information content (AvgIpc) is 3.19. The van der Waals surface area contributed by atoms with E-state index in [9.17, 15) is 0 Å². The number of aliphatic imine (C=N–C) groups is 1. The molecule has 0 aliphatic carbocycles. The van der Waals surface area contributed by atoms with Crippen LogP contribution in [0.1, 0.15) is 24.2 Å². The van der Waals surface area contributed by atoms with Gasteiger partial charge in [-0.05, 0) is 54.7 Å². The van der Waals surface area contributed by atoms with Crippen LogP contribution in [-0.2, 0) is 13.0 Å². The first-order valence-electron chi connectivity index (χ1n) is 8.98. The third kappa shape index (κ3) is 7.87. The molecule has 0 fully saturated rings. The van der Waals surface area contributed by atoms with Crippen molar-refractivity contribution in [1.29, 1.82) is 0 Å². The molecule has 0 aliphatic rings. The van der Waals surface area contributed by atoms with Crippen LogP contribution in [0.3, 0.4) is 0 Å². The zero-order chi connectivity index (χ0) is 18.5. The smallest absolute Gasteiger partial charge is 0.191 e. The van der Waals surface area contributed by atoms with Gasteiger partial charge >= 0.3 is 0 Å². The lowest BCUT2D eigenvalue weighted by Gasteiger charge is -2.12. The molecule has 2 rings (SSSR count). The molecule has 0 radical (unpaired) electrons. The summed E-state index contributed by atoms with van der Waals surface area (Å²) in [6.07, 6.45) is 7.04. The first-order valence-corrected chi connectivity index (χ1v) is 10.4. The van der Waals surface area contributed by atoms with E-state index in [1.807, 2.05) is 48.2 Å². The summed E-state index contributed by atoms with van der Waals surface area (Å²) in [6.45, 7) is 2.34. The number of methoxy groups -OCH3 is 1. The van der Waals surface area contributed by atoms with Crippen molar-refractivity contribution >= 4 is 17.7 Å². The van der Waals surface area contributed by atoms with E-state index < -0.39 is 0 Å². The third-order valence-electron chi connectivity index (χ3n) is 3.89. The molecule has 6 heteroatoms. The molecule has 26 heavy (non-hydrogen) atoms. The van der Waals surface area contributed by atoms with Crippen molar-refractivity contribution in [2.45, 2.75) is 25.8 Å². The van der Waals surface area contributed by atoms with Crippen LogP contribution in [0.5, 0.6) is 5.75 Å². The summed E-state index contributed by atoms with van der Waals surface area (Å²) in [5, 5.41) is 6.82.